The Morgan fingerprint density at radius 3 is 2.89 bits per heavy atom. The lowest BCUT2D eigenvalue weighted by atomic mass is 10.1. The number of anilines is 1. The van der Waals surface area contributed by atoms with Gasteiger partial charge in [-0.15, -0.1) is 0 Å². The first-order valence-electron chi connectivity index (χ1n) is 5.86. The predicted octanol–water partition coefficient (Wildman–Crippen LogP) is 4.68. The molecular weight excluding hydrogens is 331 g/mol. The Kier molecular flexibility index (Phi) is 4.77. The van der Waals surface area contributed by atoms with Crippen molar-refractivity contribution in [1.29, 1.82) is 0 Å². The molecule has 1 aromatic heterocycles. The Bertz CT molecular complexity index is 577. The topological polar surface area (TPSA) is 24.9 Å². The number of halogens is 3. The third-order valence-electron chi connectivity index (χ3n) is 2.64. The summed E-state index contributed by atoms with van der Waals surface area (Å²) in [5.41, 5.74) is 1.83. The van der Waals surface area contributed by atoms with E-state index >= 15 is 0 Å². The zero-order valence-electron chi connectivity index (χ0n) is 10.3. The lowest BCUT2D eigenvalue weighted by Gasteiger charge is -2.15. The van der Waals surface area contributed by atoms with Crippen LogP contribution in [0, 0.1) is 5.82 Å². The molecule has 1 unspecified atom stereocenters. The van der Waals surface area contributed by atoms with Crippen LogP contribution in [0.15, 0.2) is 41.0 Å². The number of pyridine rings is 1. The van der Waals surface area contributed by atoms with Gasteiger partial charge in [0.2, 0.25) is 0 Å². The molecule has 0 radical (unpaired) electrons. The Hall–Kier alpha value is -1.13. The molecule has 0 spiro atoms. The highest BCUT2D eigenvalue weighted by Gasteiger charge is 2.06. The van der Waals surface area contributed by atoms with Gasteiger partial charge < -0.3 is 5.32 Å². The van der Waals surface area contributed by atoms with Gasteiger partial charge in [0.25, 0.3) is 0 Å². The van der Waals surface area contributed by atoms with Crippen LogP contribution in [-0.4, -0.2) is 11.0 Å². The van der Waals surface area contributed by atoms with E-state index in [9.17, 15) is 4.39 Å². The van der Waals surface area contributed by atoms with E-state index in [4.69, 9.17) is 11.6 Å². The van der Waals surface area contributed by atoms with Crippen molar-refractivity contribution in [3.05, 3.63) is 57.5 Å². The van der Waals surface area contributed by atoms with Gasteiger partial charge in [-0.3, -0.25) is 0 Å². The summed E-state index contributed by atoms with van der Waals surface area (Å²) in [6.45, 7) is 2.04. The molecule has 2 nitrogen and oxygen atoms in total. The minimum Gasteiger partial charge on any atom is -0.381 e. The average Bonchev–Trinajstić information content (AvgIpc) is 2.34. The van der Waals surface area contributed by atoms with Gasteiger partial charge in [0, 0.05) is 6.04 Å². The van der Waals surface area contributed by atoms with Crippen molar-refractivity contribution >= 4 is 33.2 Å². The van der Waals surface area contributed by atoms with Crippen LogP contribution < -0.4 is 5.32 Å². The summed E-state index contributed by atoms with van der Waals surface area (Å²) < 4.78 is 13.8. The molecule has 0 aliphatic rings. The Labute approximate surface area is 125 Å². The number of benzene rings is 1. The van der Waals surface area contributed by atoms with Crippen LogP contribution in [0.4, 0.5) is 10.1 Å². The number of aromatic nitrogens is 1. The Balaban J connectivity index is 2.01. The molecule has 2 rings (SSSR count). The summed E-state index contributed by atoms with van der Waals surface area (Å²) >= 11 is 9.17. The van der Waals surface area contributed by atoms with Crippen molar-refractivity contribution in [3.63, 3.8) is 0 Å². The van der Waals surface area contributed by atoms with Gasteiger partial charge in [0.05, 0.1) is 16.4 Å². The van der Waals surface area contributed by atoms with Gasteiger partial charge in [-0.25, -0.2) is 9.37 Å². The molecule has 0 amide bonds. The predicted molar refractivity (Wildman–Crippen MR) is 80.1 cm³/mol. The molecule has 0 saturated heterocycles. The van der Waals surface area contributed by atoms with Crippen molar-refractivity contribution in [3.8, 4) is 0 Å². The molecule has 0 saturated carbocycles. The first kappa shape index (κ1) is 14.3. The highest BCUT2D eigenvalue weighted by Crippen LogP contribution is 2.23. The van der Waals surface area contributed by atoms with E-state index in [-0.39, 0.29) is 11.9 Å². The van der Waals surface area contributed by atoms with Crippen LogP contribution in [0.1, 0.15) is 12.5 Å². The quantitative estimate of drug-likeness (QED) is 0.815. The maximum absolute atomic E-state index is 13.1. The molecule has 19 heavy (non-hydrogen) atoms. The van der Waals surface area contributed by atoms with Crippen molar-refractivity contribution in [2.45, 2.75) is 19.4 Å². The average molecular weight is 344 g/mol. The highest BCUT2D eigenvalue weighted by molar-refractivity contribution is 9.10. The van der Waals surface area contributed by atoms with Crippen LogP contribution in [0.3, 0.4) is 0 Å². The van der Waals surface area contributed by atoms with Gasteiger partial charge in [-0.2, -0.15) is 0 Å². The normalized spacial score (nSPS) is 12.2. The fraction of sp³-hybridized carbons (Fsp3) is 0.214. The molecule has 0 fully saturated rings. The van der Waals surface area contributed by atoms with Gasteiger partial charge >= 0.3 is 0 Å². The van der Waals surface area contributed by atoms with E-state index in [2.05, 4.69) is 26.2 Å². The zero-order chi connectivity index (χ0) is 13.8. The van der Waals surface area contributed by atoms with E-state index in [1.165, 1.54) is 6.07 Å². The van der Waals surface area contributed by atoms with Crippen LogP contribution in [0.25, 0.3) is 0 Å². The molecule has 0 aliphatic carbocycles. The summed E-state index contributed by atoms with van der Waals surface area (Å²) in [4.78, 5) is 4.05. The number of nitrogens with one attached hydrogen (secondary N) is 1. The fourth-order valence-corrected chi connectivity index (χ4v) is 2.31. The lowest BCUT2D eigenvalue weighted by Crippen LogP contribution is -2.18. The molecule has 1 aromatic carbocycles. The van der Waals surface area contributed by atoms with Crippen LogP contribution in [0.2, 0.25) is 5.15 Å². The lowest BCUT2D eigenvalue weighted by molar-refractivity contribution is 0.624. The SMILES string of the molecule is CC(Cc1cccc(F)c1)Nc1cnc(Cl)c(Br)c1. The molecule has 100 valence electrons. The second-order valence-electron chi connectivity index (χ2n) is 4.38. The van der Waals surface area contributed by atoms with Gasteiger partial charge in [0.1, 0.15) is 11.0 Å². The van der Waals surface area contributed by atoms with E-state index < -0.39 is 0 Å². The summed E-state index contributed by atoms with van der Waals surface area (Å²) in [5, 5.41) is 3.74. The van der Waals surface area contributed by atoms with E-state index in [1.54, 1.807) is 18.3 Å². The van der Waals surface area contributed by atoms with Crippen molar-refractivity contribution in [1.82, 2.24) is 4.98 Å². The summed E-state index contributed by atoms with van der Waals surface area (Å²) in [6, 6.07) is 8.67. The van der Waals surface area contributed by atoms with Crippen LogP contribution in [0.5, 0.6) is 0 Å². The summed E-state index contributed by atoms with van der Waals surface area (Å²) in [7, 11) is 0. The second kappa shape index (κ2) is 6.35. The van der Waals surface area contributed by atoms with E-state index in [0.717, 1.165) is 22.1 Å². The maximum Gasteiger partial charge on any atom is 0.143 e. The molecule has 1 N–H and O–H groups in total. The number of hydrogen-bond acceptors (Lipinski definition) is 2. The van der Waals surface area contributed by atoms with Gasteiger partial charge in [-0.05, 0) is 53.0 Å². The molecule has 1 heterocycles. The van der Waals surface area contributed by atoms with E-state index in [1.807, 2.05) is 19.1 Å². The first-order valence-corrected chi connectivity index (χ1v) is 7.03. The Morgan fingerprint density at radius 2 is 2.21 bits per heavy atom. The smallest absolute Gasteiger partial charge is 0.143 e. The minimum atomic E-state index is -0.208. The fourth-order valence-electron chi connectivity index (χ4n) is 1.85. The number of hydrogen-bond donors (Lipinski definition) is 1. The minimum absolute atomic E-state index is 0.164. The molecule has 1 atom stereocenters. The first-order chi connectivity index (χ1) is 9.04. The van der Waals surface area contributed by atoms with Gasteiger partial charge in [0.15, 0.2) is 0 Å². The number of rotatable bonds is 4. The molecule has 0 bridgehead atoms. The molecule has 0 aliphatic heterocycles. The van der Waals surface area contributed by atoms with Crippen molar-refractivity contribution in [2.24, 2.45) is 0 Å². The van der Waals surface area contributed by atoms with E-state index in [0.29, 0.717) is 5.15 Å². The van der Waals surface area contributed by atoms with Crippen LogP contribution in [-0.2, 0) is 6.42 Å². The third kappa shape index (κ3) is 4.18. The summed E-state index contributed by atoms with van der Waals surface area (Å²) in [5.74, 6) is -0.208. The second-order valence-corrected chi connectivity index (χ2v) is 5.59. The largest absolute Gasteiger partial charge is 0.381 e. The van der Waals surface area contributed by atoms with Crippen LogP contribution >= 0.6 is 27.5 Å². The highest BCUT2D eigenvalue weighted by atomic mass is 79.9. The number of nitrogens with zero attached hydrogens (tertiary/aromatic N) is 1. The standard InChI is InChI=1S/C14H13BrClFN2/c1-9(5-10-3-2-4-11(17)6-10)19-12-7-13(15)14(16)18-8-12/h2-4,6-9,19H,5H2,1H3. The summed E-state index contributed by atoms with van der Waals surface area (Å²) in [6.07, 6.45) is 2.41. The third-order valence-corrected chi connectivity index (χ3v) is 3.77. The molecular formula is C14H13BrClFN2. The molecule has 2 aromatic rings. The molecule has 5 heteroatoms. The van der Waals surface area contributed by atoms with Crippen molar-refractivity contribution in [2.75, 3.05) is 5.32 Å². The Morgan fingerprint density at radius 1 is 1.42 bits per heavy atom. The zero-order valence-corrected chi connectivity index (χ0v) is 12.7. The monoisotopic (exact) mass is 342 g/mol. The maximum atomic E-state index is 13.1. The van der Waals surface area contributed by atoms with Gasteiger partial charge in [-0.1, -0.05) is 23.7 Å². The van der Waals surface area contributed by atoms with Crippen molar-refractivity contribution < 1.29 is 4.39 Å².